The number of benzene rings is 2. The van der Waals surface area contributed by atoms with Gasteiger partial charge in [-0.05, 0) is 36.2 Å². The minimum absolute atomic E-state index is 0.218. The maximum Gasteiger partial charge on any atom is 0.252 e. The Hall–Kier alpha value is -2.92. The average molecular weight is 396 g/mol. The fourth-order valence-corrected chi connectivity index (χ4v) is 2.97. The minimum Gasteiger partial charge on any atom is -0.494 e. The van der Waals surface area contributed by atoms with Crippen LogP contribution in [0.25, 0.3) is 0 Å². The van der Waals surface area contributed by atoms with Gasteiger partial charge < -0.3 is 10.1 Å². The Morgan fingerprint density at radius 3 is 2.64 bits per heavy atom. The highest BCUT2D eigenvalue weighted by Gasteiger charge is 2.22. The molecule has 2 aromatic carbocycles. The van der Waals surface area contributed by atoms with Gasteiger partial charge in [0, 0.05) is 18.0 Å². The van der Waals surface area contributed by atoms with Crippen molar-refractivity contribution in [3.8, 4) is 5.75 Å². The molecule has 3 rings (SSSR count). The number of carbonyl (C=O) groups excluding carboxylic acids is 1. The second-order valence-electron chi connectivity index (χ2n) is 6.28. The standard InChI is InChI=1S/C22H22ClN3O2/c1-2-3-14-28-18-11-7-10-17(15-18)19(20-21(23)25-13-12-24-20)26-22(27)16-8-5-4-6-9-16/h4-13,15,19H,2-3,14H2,1H3,(H,26,27). The molecule has 0 saturated heterocycles. The van der Waals surface area contributed by atoms with Gasteiger partial charge in [-0.15, -0.1) is 0 Å². The monoisotopic (exact) mass is 395 g/mol. The number of nitrogens with one attached hydrogen (secondary N) is 1. The number of unbranched alkanes of at least 4 members (excludes halogenated alkanes) is 1. The van der Waals surface area contributed by atoms with Gasteiger partial charge in [-0.3, -0.25) is 9.78 Å². The van der Waals surface area contributed by atoms with Gasteiger partial charge >= 0.3 is 0 Å². The number of carbonyl (C=O) groups is 1. The summed E-state index contributed by atoms with van der Waals surface area (Å²) >= 11 is 6.28. The summed E-state index contributed by atoms with van der Waals surface area (Å²) in [5, 5.41) is 3.27. The van der Waals surface area contributed by atoms with Crippen molar-refractivity contribution in [2.24, 2.45) is 0 Å². The predicted molar refractivity (Wildman–Crippen MR) is 110 cm³/mol. The molecule has 3 aromatic rings. The lowest BCUT2D eigenvalue weighted by atomic mass is 10.0. The normalized spacial score (nSPS) is 11.6. The molecular formula is C22H22ClN3O2. The van der Waals surface area contributed by atoms with Crippen LogP contribution in [-0.2, 0) is 0 Å². The van der Waals surface area contributed by atoms with Gasteiger partial charge in [0.1, 0.15) is 17.5 Å². The van der Waals surface area contributed by atoms with Crippen molar-refractivity contribution in [3.05, 3.63) is 89.0 Å². The third-order valence-electron chi connectivity index (χ3n) is 4.22. The first-order valence-corrected chi connectivity index (χ1v) is 9.62. The van der Waals surface area contributed by atoms with Crippen LogP contribution >= 0.6 is 11.6 Å². The fraction of sp³-hybridized carbons (Fsp3) is 0.227. The quantitative estimate of drug-likeness (QED) is 0.555. The van der Waals surface area contributed by atoms with Gasteiger partial charge in [0.15, 0.2) is 5.15 Å². The van der Waals surface area contributed by atoms with Crippen molar-refractivity contribution in [2.45, 2.75) is 25.8 Å². The van der Waals surface area contributed by atoms with Gasteiger partial charge in [-0.1, -0.05) is 55.3 Å². The lowest BCUT2D eigenvalue weighted by Crippen LogP contribution is -2.30. The maximum atomic E-state index is 12.8. The van der Waals surface area contributed by atoms with Crippen LogP contribution in [0.5, 0.6) is 5.75 Å². The van der Waals surface area contributed by atoms with Crippen molar-refractivity contribution in [1.29, 1.82) is 0 Å². The second kappa shape index (κ2) is 9.85. The van der Waals surface area contributed by atoms with E-state index in [1.54, 1.807) is 18.3 Å². The number of hydrogen-bond acceptors (Lipinski definition) is 4. The van der Waals surface area contributed by atoms with Crippen LogP contribution < -0.4 is 10.1 Å². The zero-order valence-corrected chi connectivity index (χ0v) is 16.4. The van der Waals surface area contributed by atoms with Crippen LogP contribution in [0.1, 0.15) is 47.4 Å². The molecule has 5 nitrogen and oxygen atoms in total. The molecule has 0 radical (unpaired) electrons. The molecule has 0 aliphatic rings. The van der Waals surface area contributed by atoms with Crippen LogP contribution in [0, 0.1) is 0 Å². The highest BCUT2D eigenvalue weighted by molar-refractivity contribution is 6.30. The van der Waals surface area contributed by atoms with Crippen LogP contribution in [0.3, 0.4) is 0 Å². The summed E-state index contributed by atoms with van der Waals surface area (Å²) in [7, 11) is 0. The Bertz CT molecular complexity index is 918. The van der Waals surface area contributed by atoms with Crippen LogP contribution in [-0.4, -0.2) is 22.5 Å². The Balaban J connectivity index is 1.92. The van der Waals surface area contributed by atoms with Gasteiger partial charge in [-0.25, -0.2) is 4.98 Å². The fourth-order valence-electron chi connectivity index (χ4n) is 2.76. The lowest BCUT2D eigenvalue weighted by Gasteiger charge is -2.20. The molecule has 0 spiro atoms. The van der Waals surface area contributed by atoms with Crippen LogP contribution in [0.2, 0.25) is 5.15 Å². The van der Waals surface area contributed by atoms with Gasteiger partial charge in [0.2, 0.25) is 0 Å². The van der Waals surface area contributed by atoms with E-state index in [-0.39, 0.29) is 11.1 Å². The van der Waals surface area contributed by atoms with Crippen molar-refractivity contribution in [2.75, 3.05) is 6.61 Å². The van der Waals surface area contributed by atoms with E-state index in [0.717, 1.165) is 24.2 Å². The van der Waals surface area contributed by atoms with E-state index in [2.05, 4.69) is 22.2 Å². The van der Waals surface area contributed by atoms with Crippen molar-refractivity contribution < 1.29 is 9.53 Å². The number of rotatable bonds is 8. The molecule has 0 aliphatic carbocycles. The summed E-state index contributed by atoms with van der Waals surface area (Å²) in [5.41, 5.74) is 1.86. The highest BCUT2D eigenvalue weighted by Crippen LogP contribution is 2.28. The Kier molecular flexibility index (Phi) is 6.98. The van der Waals surface area contributed by atoms with Crippen LogP contribution in [0.4, 0.5) is 0 Å². The van der Waals surface area contributed by atoms with E-state index in [1.165, 1.54) is 6.20 Å². The average Bonchev–Trinajstić information content (AvgIpc) is 2.73. The first kappa shape index (κ1) is 19.8. The Labute approximate surface area is 169 Å². The molecule has 0 saturated carbocycles. The predicted octanol–water partition coefficient (Wildman–Crippen LogP) is 4.83. The molecule has 1 amide bonds. The molecule has 1 atom stereocenters. The molecule has 1 unspecified atom stereocenters. The number of halogens is 1. The minimum atomic E-state index is -0.552. The third-order valence-corrected chi connectivity index (χ3v) is 4.51. The van der Waals surface area contributed by atoms with Crippen molar-refractivity contribution in [3.63, 3.8) is 0 Å². The van der Waals surface area contributed by atoms with Crippen molar-refractivity contribution in [1.82, 2.24) is 15.3 Å². The van der Waals surface area contributed by atoms with Gasteiger partial charge in [0.25, 0.3) is 5.91 Å². The summed E-state index contributed by atoms with van der Waals surface area (Å²) in [4.78, 5) is 21.2. The number of amides is 1. The first-order chi connectivity index (χ1) is 13.7. The van der Waals surface area contributed by atoms with E-state index in [4.69, 9.17) is 16.3 Å². The Morgan fingerprint density at radius 2 is 1.89 bits per heavy atom. The van der Waals surface area contributed by atoms with E-state index in [1.807, 2.05) is 42.5 Å². The molecule has 0 aliphatic heterocycles. The van der Waals surface area contributed by atoms with E-state index < -0.39 is 6.04 Å². The summed E-state index contributed by atoms with van der Waals surface area (Å²) in [6, 6.07) is 16.1. The van der Waals surface area contributed by atoms with Crippen molar-refractivity contribution >= 4 is 17.5 Å². The molecule has 28 heavy (non-hydrogen) atoms. The maximum absolute atomic E-state index is 12.8. The zero-order valence-electron chi connectivity index (χ0n) is 15.6. The first-order valence-electron chi connectivity index (χ1n) is 9.24. The summed E-state index contributed by atoms with van der Waals surface area (Å²) in [6.07, 6.45) is 5.12. The lowest BCUT2D eigenvalue weighted by molar-refractivity contribution is 0.0942. The van der Waals surface area contributed by atoms with E-state index in [0.29, 0.717) is 17.9 Å². The largest absolute Gasteiger partial charge is 0.494 e. The van der Waals surface area contributed by atoms with Gasteiger partial charge in [0.05, 0.1) is 6.61 Å². The molecule has 144 valence electrons. The molecule has 1 aromatic heterocycles. The van der Waals surface area contributed by atoms with E-state index >= 15 is 0 Å². The molecular weight excluding hydrogens is 374 g/mol. The zero-order chi connectivity index (χ0) is 19.8. The highest BCUT2D eigenvalue weighted by atomic mass is 35.5. The number of hydrogen-bond donors (Lipinski definition) is 1. The van der Waals surface area contributed by atoms with E-state index in [9.17, 15) is 4.79 Å². The molecule has 0 bridgehead atoms. The Morgan fingerprint density at radius 1 is 1.11 bits per heavy atom. The molecule has 6 heteroatoms. The summed E-state index contributed by atoms with van der Waals surface area (Å²) < 4.78 is 5.81. The number of aromatic nitrogens is 2. The SMILES string of the molecule is CCCCOc1cccc(C(NC(=O)c2ccccc2)c2nccnc2Cl)c1. The summed E-state index contributed by atoms with van der Waals surface area (Å²) in [6.45, 7) is 2.76. The molecule has 1 heterocycles. The summed E-state index contributed by atoms with van der Waals surface area (Å²) in [5.74, 6) is 0.523. The topological polar surface area (TPSA) is 64.1 Å². The third kappa shape index (κ3) is 5.08. The smallest absolute Gasteiger partial charge is 0.252 e. The van der Waals surface area contributed by atoms with Crippen LogP contribution in [0.15, 0.2) is 67.0 Å². The second-order valence-corrected chi connectivity index (χ2v) is 6.64. The number of nitrogens with zero attached hydrogens (tertiary/aromatic N) is 2. The number of ether oxygens (including phenoxy) is 1. The van der Waals surface area contributed by atoms with Gasteiger partial charge in [-0.2, -0.15) is 0 Å². The molecule has 1 N–H and O–H groups in total. The molecule has 0 fully saturated rings.